The predicted octanol–water partition coefficient (Wildman–Crippen LogP) is 3.88. The van der Waals surface area contributed by atoms with Gasteiger partial charge in [-0.1, -0.05) is 18.2 Å². The van der Waals surface area contributed by atoms with Gasteiger partial charge in [-0.2, -0.15) is 9.97 Å². The monoisotopic (exact) mass is 465 g/mol. The van der Waals surface area contributed by atoms with Crippen LogP contribution in [0, 0.1) is 12.8 Å². The molecule has 182 valence electrons. The van der Waals surface area contributed by atoms with Crippen LogP contribution in [0.1, 0.15) is 56.4 Å². The summed E-state index contributed by atoms with van der Waals surface area (Å²) in [6.07, 6.45) is 9.64. The van der Waals surface area contributed by atoms with E-state index in [0.717, 1.165) is 55.1 Å². The van der Waals surface area contributed by atoms with Crippen molar-refractivity contribution in [3.8, 4) is 0 Å². The maximum Gasteiger partial charge on any atom is 0.227 e. The first kappa shape index (κ1) is 23.7. The van der Waals surface area contributed by atoms with Crippen LogP contribution in [-0.2, 0) is 6.54 Å². The molecule has 0 amide bonds. The van der Waals surface area contributed by atoms with Crippen molar-refractivity contribution < 1.29 is 4.52 Å². The molecule has 2 heterocycles. The maximum atomic E-state index is 5.68. The largest absolute Gasteiger partial charge is 0.367 e. The van der Waals surface area contributed by atoms with Crippen LogP contribution < -0.4 is 27.2 Å². The van der Waals surface area contributed by atoms with Crippen LogP contribution in [0.2, 0.25) is 0 Å². The minimum Gasteiger partial charge on any atom is -0.367 e. The quantitative estimate of drug-likeness (QED) is 0.153. The van der Waals surface area contributed by atoms with E-state index in [1.807, 2.05) is 32.2 Å². The van der Waals surface area contributed by atoms with Gasteiger partial charge in [-0.15, -0.1) is 0 Å². The Morgan fingerprint density at radius 1 is 1.24 bits per heavy atom. The van der Waals surface area contributed by atoms with Crippen molar-refractivity contribution in [1.82, 2.24) is 20.6 Å². The number of hydrogen-bond acceptors (Lipinski definition) is 10. The lowest BCUT2D eigenvalue weighted by Crippen LogP contribution is -2.23. The van der Waals surface area contributed by atoms with Gasteiger partial charge in [-0.25, -0.2) is 0 Å². The number of hydrogen-bond donors (Lipinski definition) is 5. The van der Waals surface area contributed by atoms with Crippen LogP contribution >= 0.6 is 0 Å². The molecule has 2 fully saturated rings. The summed E-state index contributed by atoms with van der Waals surface area (Å²) in [5, 5.41) is 14.1. The lowest BCUT2D eigenvalue weighted by atomic mass is 10.1. The Kier molecular flexibility index (Phi) is 7.79. The molecule has 0 spiro atoms. The van der Waals surface area contributed by atoms with E-state index in [2.05, 4.69) is 43.1 Å². The smallest absolute Gasteiger partial charge is 0.227 e. The summed E-state index contributed by atoms with van der Waals surface area (Å²) in [5.41, 5.74) is 6.56. The number of anilines is 3. The fourth-order valence-electron chi connectivity index (χ4n) is 4.13. The van der Waals surface area contributed by atoms with E-state index < -0.39 is 0 Å². The first-order valence-electron chi connectivity index (χ1n) is 11.9. The number of nitrogens with two attached hydrogens (primary N) is 1. The highest BCUT2D eigenvalue weighted by Gasteiger charge is 2.25. The van der Waals surface area contributed by atoms with Gasteiger partial charge in [0.2, 0.25) is 5.95 Å². The Labute approximate surface area is 200 Å². The Bertz CT molecular complexity index is 1050. The van der Waals surface area contributed by atoms with Gasteiger partial charge in [0.1, 0.15) is 11.6 Å². The van der Waals surface area contributed by atoms with Gasteiger partial charge in [0.05, 0.1) is 12.2 Å². The molecule has 4 rings (SSSR count). The Hall–Kier alpha value is -3.40. The van der Waals surface area contributed by atoms with Crippen molar-refractivity contribution in [2.75, 3.05) is 23.0 Å². The molecule has 2 saturated carbocycles. The summed E-state index contributed by atoms with van der Waals surface area (Å²) in [7, 11) is 1.88. The number of allylic oxidation sites excluding steroid dienone is 2. The molecule has 0 aromatic carbocycles. The Morgan fingerprint density at radius 2 is 2.06 bits per heavy atom. The van der Waals surface area contributed by atoms with Crippen LogP contribution in [0.25, 0.3) is 0 Å². The van der Waals surface area contributed by atoms with Crippen LogP contribution in [0.4, 0.5) is 17.6 Å². The second-order valence-corrected chi connectivity index (χ2v) is 9.00. The van der Waals surface area contributed by atoms with Crippen LogP contribution in [0.15, 0.2) is 45.7 Å². The van der Waals surface area contributed by atoms with Gasteiger partial charge in [0.25, 0.3) is 0 Å². The van der Waals surface area contributed by atoms with Crippen molar-refractivity contribution in [2.45, 2.75) is 64.5 Å². The lowest BCUT2D eigenvalue weighted by Gasteiger charge is -2.19. The summed E-state index contributed by atoms with van der Waals surface area (Å²) < 4.78 is 5.30. The number of aromatic nitrogens is 3. The highest BCUT2D eigenvalue weighted by atomic mass is 16.5. The van der Waals surface area contributed by atoms with Gasteiger partial charge < -0.3 is 25.9 Å². The van der Waals surface area contributed by atoms with Crippen molar-refractivity contribution in [3.63, 3.8) is 0 Å². The van der Waals surface area contributed by atoms with Gasteiger partial charge in [-0.05, 0) is 45.1 Å². The van der Waals surface area contributed by atoms with E-state index in [4.69, 9.17) is 15.3 Å². The molecule has 10 nitrogen and oxygen atoms in total. The zero-order valence-electron chi connectivity index (χ0n) is 20.0. The normalized spacial score (nSPS) is 20.0. The van der Waals surface area contributed by atoms with Crippen molar-refractivity contribution >= 4 is 23.3 Å². The molecule has 0 aliphatic heterocycles. The third-order valence-electron chi connectivity index (χ3n) is 6.04. The van der Waals surface area contributed by atoms with E-state index in [-0.39, 0.29) is 6.04 Å². The SMILES string of the molecule is C=C(/C=C(\NN)C1CC1)Nc1cc(N[C@@H]2CCCC/C(=N/C)C2)nc(NCc2cc(C)no2)n1. The zero-order chi connectivity index (χ0) is 23.9. The molecule has 10 heteroatoms. The van der Waals surface area contributed by atoms with E-state index in [0.29, 0.717) is 29.9 Å². The predicted molar refractivity (Wildman–Crippen MR) is 135 cm³/mol. The summed E-state index contributed by atoms with van der Waals surface area (Å²) >= 11 is 0. The van der Waals surface area contributed by atoms with Gasteiger partial charge >= 0.3 is 0 Å². The number of nitrogens with zero attached hydrogens (tertiary/aromatic N) is 4. The standard InChI is InChI=1S/C24H35N9O/c1-15(11-21(32-25)17-8-9-17)28-22-13-23(29-19-7-5-4-6-18(12-19)26-3)31-24(30-22)27-14-20-10-16(2)33-34-20/h10-11,13,17,19,32H,1,4-9,12,14,25H2,2-3H3,(H3,27,28,29,30,31)/b21-11-,26-18-/t19-/m1/s1. The Balaban J connectivity index is 1.51. The second kappa shape index (κ2) is 11.1. The molecule has 2 aromatic heterocycles. The topological polar surface area (TPSA) is 138 Å². The highest BCUT2D eigenvalue weighted by Crippen LogP contribution is 2.35. The highest BCUT2D eigenvalue weighted by molar-refractivity contribution is 5.85. The number of nitrogens with one attached hydrogen (secondary N) is 4. The molecule has 1 atom stereocenters. The van der Waals surface area contributed by atoms with Crippen LogP contribution in [0.5, 0.6) is 0 Å². The number of aryl methyl sites for hydroxylation is 1. The first-order chi connectivity index (χ1) is 16.5. The maximum absolute atomic E-state index is 5.68. The van der Waals surface area contributed by atoms with E-state index in [9.17, 15) is 0 Å². The van der Waals surface area contributed by atoms with Gasteiger partial charge in [0, 0.05) is 54.7 Å². The van der Waals surface area contributed by atoms with Gasteiger partial charge in [0.15, 0.2) is 5.76 Å². The second-order valence-electron chi connectivity index (χ2n) is 9.00. The molecule has 0 bridgehead atoms. The summed E-state index contributed by atoms with van der Waals surface area (Å²) in [4.78, 5) is 13.8. The summed E-state index contributed by atoms with van der Waals surface area (Å²) in [6.45, 7) is 6.45. The van der Waals surface area contributed by atoms with Crippen molar-refractivity contribution in [1.29, 1.82) is 0 Å². The van der Waals surface area contributed by atoms with Crippen molar-refractivity contribution in [3.05, 3.63) is 47.6 Å². The number of rotatable bonds is 10. The number of hydrazine groups is 1. The average Bonchev–Trinajstić information content (AvgIpc) is 3.61. The minimum atomic E-state index is 0.278. The molecule has 2 aromatic rings. The zero-order valence-corrected chi connectivity index (χ0v) is 20.0. The van der Waals surface area contributed by atoms with E-state index in [1.54, 1.807) is 0 Å². The third-order valence-corrected chi connectivity index (χ3v) is 6.04. The molecule has 2 aliphatic carbocycles. The van der Waals surface area contributed by atoms with Gasteiger partial charge in [-0.3, -0.25) is 10.8 Å². The Morgan fingerprint density at radius 3 is 2.76 bits per heavy atom. The van der Waals surface area contributed by atoms with Crippen molar-refractivity contribution in [2.24, 2.45) is 16.8 Å². The van der Waals surface area contributed by atoms with Crippen LogP contribution in [-0.4, -0.2) is 33.9 Å². The molecule has 34 heavy (non-hydrogen) atoms. The molecule has 0 unspecified atom stereocenters. The van der Waals surface area contributed by atoms with Crippen LogP contribution in [0.3, 0.4) is 0 Å². The summed E-state index contributed by atoms with van der Waals surface area (Å²) in [6, 6.07) is 4.07. The summed E-state index contributed by atoms with van der Waals surface area (Å²) in [5.74, 6) is 8.75. The third kappa shape index (κ3) is 6.80. The molecule has 0 radical (unpaired) electrons. The van der Waals surface area contributed by atoms with E-state index in [1.165, 1.54) is 18.6 Å². The average molecular weight is 466 g/mol. The molecule has 0 saturated heterocycles. The minimum absolute atomic E-state index is 0.278. The molecule has 2 aliphatic rings. The fourth-order valence-corrected chi connectivity index (χ4v) is 4.13. The molecule has 6 N–H and O–H groups in total. The molecular weight excluding hydrogens is 430 g/mol. The fraction of sp³-hybridized carbons (Fsp3) is 0.500. The lowest BCUT2D eigenvalue weighted by molar-refractivity contribution is 0.384. The number of aliphatic imine (C=N–C) groups is 1. The first-order valence-corrected chi connectivity index (χ1v) is 11.9. The van der Waals surface area contributed by atoms with E-state index >= 15 is 0 Å². The molecular formula is C24H35N9O.